The van der Waals surface area contributed by atoms with Gasteiger partial charge in [-0.25, -0.2) is 9.07 Å². The number of anilines is 1. The third-order valence-electron chi connectivity index (χ3n) is 7.87. The molecule has 2 atom stereocenters. The zero-order valence-electron chi connectivity index (χ0n) is 22.5. The number of likely N-dealkylation sites (N-methyl/N-ethyl adjacent to an activating group) is 1. The van der Waals surface area contributed by atoms with Crippen LogP contribution in [0.2, 0.25) is 0 Å². The Kier molecular flexibility index (Phi) is 6.64. The van der Waals surface area contributed by atoms with Crippen molar-refractivity contribution in [1.29, 1.82) is 0 Å². The predicted molar refractivity (Wildman–Crippen MR) is 148 cm³/mol. The second kappa shape index (κ2) is 10.1. The number of hydrogen-bond donors (Lipinski definition) is 2. The highest BCUT2D eigenvalue weighted by Crippen LogP contribution is 2.51. The Morgan fingerprint density at radius 1 is 1.05 bits per heavy atom. The zero-order valence-corrected chi connectivity index (χ0v) is 22.5. The molecule has 2 amide bonds. The monoisotopic (exact) mass is 577 g/mol. The van der Waals surface area contributed by atoms with Crippen molar-refractivity contribution in [3.63, 3.8) is 0 Å². The summed E-state index contributed by atoms with van der Waals surface area (Å²) in [7, 11) is 0. The third kappa shape index (κ3) is 4.73. The van der Waals surface area contributed by atoms with Gasteiger partial charge in [-0.05, 0) is 67.8 Å². The Bertz CT molecular complexity index is 1660. The molecule has 7 nitrogen and oxygen atoms in total. The number of fused-ring (bicyclic) bond motifs is 1. The Balaban J connectivity index is 1.54. The van der Waals surface area contributed by atoms with Crippen LogP contribution in [0.25, 0.3) is 5.69 Å². The van der Waals surface area contributed by atoms with Crippen molar-refractivity contribution < 1.29 is 27.2 Å². The standard InChI is InChI=1S/C31H27F4N5O2/c1-2-39-28-24(26(30(36)15-16-30)38-40(28)22-9-4-3-5-10-22)23(18-11-13-21(32)14-12-18)25(29(39)42)37-27(41)19-7-6-8-20(17-19)31(33,34)35/h3-14,17,23,25H,2,15-16,36H2,1H3,(H,37,41)/t23-,25+/m0/s1. The van der Waals surface area contributed by atoms with Gasteiger partial charge in [0.25, 0.3) is 11.8 Å². The van der Waals surface area contributed by atoms with Gasteiger partial charge in [-0.2, -0.15) is 18.3 Å². The summed E-state index contributed by atoms with van der Waals surface area (Å²) in [4.78, 5) is 29.1. The van der Waals surface area contributed by atoms with Crippen LogP contribution in [-0.4, -0.2) is 34.2 Å². The summed E-state index contributed by atoms with van der Waals surface area (Å²) in [6, 6.07) is 17.6. The van der Waals surface area contributed by atoms with Crippen LogP contribution < -0.4 is 16.0 Å². The molecular weight excluding hydrogens is 550 g/mol. The number of benzene rings is 3. The first kappa shape index (κ1) is 27.6. The fourth-order valence-corrected chi connectivity index (χ4v) is 5.58. The van der Waals surface area contributed by atoms with Gasteiger partial charge in [0.2, 0.25) is 0 Å². The highest BCUT2D eigenvalue weighted by molar-refractivity contribution is 6.05. The smallest absolute Gasteiger partial charge is 0.339 e. The minimum atomic E-state index is -4.65. The van der Waals surface area contributed by atoms with Crippen LogP contribution in [0, 0.1) is 5.82 Å². The first-order chi connectivity index (χ1) is 20.0. The number of halogens is 4. The number of amides is 2. The molecule has 3 N–H and O–H groups in total. The molecule has 4 aromatic rings. The number of aromatic nitrogens is 2. The van der Waals surface area contributed by atoms with Gasteiger partial charge >= 0.3 is 6.18 Å². The van der Waals surface area contributed by atoms with E-state index < -0.39 is 46.9 Å². The van der Waals surface area contributed by atoms with Crippen LogP contribution in [0.5, 0.6) is 0 Å². The van der Waals surface area contributed by atoms with Crippen molar-refractivity contribution in [2.45, 2.75) is 43.4 Å². The SMILES string of the molecule is CCN1C(=O)[C@H](NC(=O)c2cccc(C(F)(F)F)c2)[C@@H](c2ccc(F)cc2)c2c(C3(N)CC3)nn(-c3ccccc3)c21. The van der Waals surface area contributed by atoms with Crippen LogP contribution in [-0.2, 0) is 16.5 Å². The van der Waals surface area contributed by atoms with E-state index in [9.17, 15) is 27.2 Å². The lowest BCUT2D eigenvalue weighted by atomic mass is 9.79. The number of carbonyl (C=O) groups excluding carboxylic acids is 2. The molecule has 1 aliphatic heterocycles. The van der Waals surface area contributed by atoms with Gasteiger partial charge in [0, 0.05) is 23.6 Å². The Morgan fingerprint density at radius 2 is 1.74 bits per heavy atom. The van der Waals surface area contributed by atoms with E-state index in [0.717, 1.165) is 18.2 Å². The lowest BCUT2D eigenvalue weighted by Gasteiger charge is -2.39. The normalized spacial score (nSPS) is 19.4. The minimum absolute atomic E-state index is 0.216. The van der Waals surface area contributed by atoms with E-state index in [1.165, 1.54) is 35.2 Å². The molecule has 0 bridgehead atoms. The third-order valence-corrected chi connectivity index (χ3v) is 7.87. The molecule has 2 heterocycles. The number of hydrogen-bond acceptors (Lipinski definition) is 4. The number of nitrogens with two attached hydrogens (primary N) is 1. The summed E-state index contributed by atoms with van der Waals surface area (Å²) in [6.07, 6.45) is -3.34. The Labute approximate surface area is 238 Å². The molecule has 1 aliphatic carbocycles. The molecule has 0 spiro atoms. The van der Waals surface area contributed by atoms with Crippen molar-refractivity contribution >= 4 is 17.6 Å². The Hall–Kier alpha value is -4.51. The average Bonchev–Trinajstić information content (AvgIpc) is 3.60. The van der Waals surface area contributed by atoms with Crippen LogP contribution in [0.15, 0.2) is 78.9 Å². The molecule has 3 aromatic carbocycles. The van der Waals surface area contributed by atoms with E-state index in [2.05, 4.69) is 5.32 Å². The van der Waals surface area contributed by atoms with E-state index in [1.807, 2.05) is 30.3 Å². The maximum Gasteiger partial charge on any atom is 0.416 e. The Morgan fingerprint density at radius 3 is 2.36 bits per heavy atom. The lowest BCUT2D eigenvalue weighted by molar-refractivity contribution is -0.137. The molecule has 2 aliphatic rings. The molecule has 216 valence electrons. The number of nitrogens with one attached hydrogen (secondary N) is 1. The van der Waals surface area contributed by atoms with Gasteiger partial charge in [0.1, 0.15) is 17.7 Å². The molecule has 0 radical (unpaired) electrons. The van der Waals surface area contributed by atoms with Crippen LogP contribution >= 0.6 is 0 Å². The highest BCUT2D eigenvalue weighted by Gasteiger charge is 2.52. The van der Waals surface area contributed by atoms with Crippen LogP contribution in [0.3, 0.4) is 0 Å². The zero-order chi connectivity index (χ0) is 29.8. The van der Waals surface area contributed by atoms with Crippen molar-refractivity contribution in [2.24, 2.45) is 5.73 Å². The predicted octanol–water partition coefficient (Wildman–Crippen LogP) is 5.28. The largest absolute Gasteiger partial charge is 0.416 e. The number of rotatable bonds is 6. The molecule has 1 aromatic heterocycles. The van der Waals surface area contributed by atoms with Gasteiger partial charge in [0.15, 0.2) is 0 Å². The van der Waals surface area contributed by atoms with E-state index >= 15 is 0 Å². The highest BCUT2D eigenvalue weighted by atomic mass is 19.4. The molecule has 0 saturated heterocycles. The summed E-state index contributed by atoms with van der Waals surface area (Å²) in [6.45, 7) is 2.00. The topological polar surface area (TPSA) is 93.2 Å². The summed E-state index contributed by atoms with van der Waals surface area (Å²) >= 11 is 0. The van der Waals surface area contributed by atoms with Gasteiger partial charge in [-0.15, -0.1) is 0 Å². The molecule has 1 fully saturated rings. The first-order valence-electron chi connectivity index (χ1n) is 13.5. The summed E-state index contributed by atoms with van der Waals surface area (Å²) in [5.41, 5.74) is 7.12. The second-order valence-corrected chi connectivity index (χ2v) is 10.6. The second-order valence-electron chi connectivity index (χ2n) is 10.6. The fraction of sp³-hybridized carbons (Fsp3) is 0.258. The van der Waals surface area contributed by atoms with Crippen molar-refractivity contribution in [3.8, 4) is 5.69 Å². The van der Waals surface area contributed by atoms with Gasteiger partial charge in [0.05, 0.1) is 22.5 Å². The van der Waals surface area contributed by atoms with Crippen LogP contribution in [0.4, 0.5) is 23.4 Å². The van der Waals surface area contributed by atoms with Gasteiger partial charge in [-0.1, -0.05) is 36.4 Å². The van der Waals surface area contributed by atoms with E-state index in [1.54, 1.807) is 11.6 Å². The first-order valence-corrected chi connectivity index (χ1v) is 13.5. The molecule has 11 heteroatoms. The van der Waals surface area contributed by atoms with Crippen molar-refractivity contribution in [1.82, 2.24) is 15.1 Å². The summed E-state index contributed by atoms with van der Waals surface area (Å²) < 4.78 is 55.9. The van der Waals surface area contributed by atoms with E-state index in [0.29, 0.717) is 41.2 Å². The van der Waals surface area contributed by atoms with Crippen molar-refractivity contribution in [3.05, 3.63) is 113 Å². The minimum Gasteiger partial charge on any atom is -0.339 e. The fourth-order valence-electron chi connectivity index (χ4n) is 5.58. The molecule has 6 rings (SSSR count). The number of carbonyl (C=O) groups is 2. The average molecular weight is 578 g/mol. The van der Waals surface area contributed by atoms with Crippen molar-refractivity contribution in [2.75, 3.05) is 11.4 Å². The summed E-state index contributed by atoms with van der Waals surface area (Å²) in [5.74, 6) is -2.18. The van der Waals surface area contributed by atoms with Gasteiger partial charge < -0.3 is 11.1 Å². The molecular formula is C31H27F4N5O2. The lowest BCUT2D eigenvalue weighted by Crippen LogP contribution is -2.55. The summed E-state index contributed by atoms with van der Waals surface area (Å²) in [5, 5.41) is 7.63. The maximum atomic E-state index is 14.2. The molecule has 42 heavy (non-hydrogen) atoms. The number of nitrogens with zero attached hydrogens (tertiary/aromatic N) is 3. The van der Waals surface area contributed by atoms with E-state index in [-0.39, 0.29) is 12.1 Å². The molecule has 0 unspecified atom stereocenters. The quantitative estimate of drug-likeness (QED) is 0.305. The number of alkyl halides is 3. The van der Waals surface area contributed by atoms with E-state index in [4.69, 9.17) is 10.8 Å². The van der Waals surface area contributed by atoms with Crippen LogP contribution in [0.1, 0.15) is 58.4 Å². The maximum absolute atomic E-state index is 14.2. The van der Waals surface area contributed by atoms with Gasteiger partial charge in [-0.3, -0.25) is 14.5 Å². The molecule has 1 saturated carbocycles. The number of para-hydroxylation sites is 1.